The Morgan fingerprint density at radius 3 is 2.42 bits per heavy atom. The van der Waals surface area contributed by atoms with Crippen LogP contribution in [0, 0.1) is 0 Å². The van der Waals surface area contributed by atoms with Crippen molar-refractivity contribution in [2.45, 2.75) is 50.4 Å². The van der Waals surface area contributed by atoms with Crippen molar-refractivity contribution in [1.29, 1.82) is 0 Å². The number of rotatable bonds is 9. The molecule has 3 aromatic heterocycles. The predicted molar refractivity (Wildman–Crippen MR) is 211 cm³/mol. The van der Waals surface area contributed by atoms with E-state index in [-0.39, 0.29) is 71.8 Å². The van der Waals surface area contributed by atoms with Gasteiger partial charge in [0.15, 0.2) is 11.5 Å². The van der Waals surface area contributed by atoms with Crippen LogP contribution in [-0.2, 0) is 27.9 Å². The lowest BCUT2D eigenvalue weighted by Crippen LogP contribution is -2.48. The van der Waals surface area contributed by atoms with Crippen molar-refractivity contribution in [3.8, 4) is 17.1 Å². The van der Waals surface area contributed by atoms with Crippen molar-refractivity contribution in [3.63, 3.8) is 0 Å². The summed E-state index contributed by atoms with van der Waals surface area (Å²) in [7, 11) is 0. The summed E-state index contributed by atoms with van der Waals surface area (Å²) in [5, 5.41) is 26.2. The summed E-state index contributed by atoms with van der Waals surface area (Å²) in [6.07, 6.45) is -4.92. The third-order valence-electron chi connectivity index (χ3n) is 11.3. The van der Waals surface area contributed by atoms with E-state index in [1.807, 2.05) is 17.0 Å². The van der Waals surface area contributed by atoms with Crippen LogP contribution in [0.1, 0.15) is 53.2 Å². The number of carbonyl (C=O) groups excluding carboxylic acids is 2. The average molecular weight is 854 g/mol. The number of nitrogens with zero attached hydrogens (tertiary/aromatic N) is 8. The molecule has 2 saturated heterocycles. The summed E-state index contributed by atoms with van der Waals surface area (Å²) < 4.78 is 62.9. The maximum Gasteiger partial charge on any atom is 0.416 e. The van der Waals surface area contributed by atoms with Crippen LogP contribution in [-0.4, -0.2) is 115 Å². The van der Waals surface area contributed by atoms with E-state index in [4.69, 9.17) is 26.4 Å². The van der Waals surface area contributed by atoms with Crippen molar-refractivity contribution < 1.29 is 42.1 Å². The lowest BCUT2D eigenvalue weighted by molar-refractivity contribution is -0.137. The van der Waals surface area contributed by atoms with Crippen LogP contribution < -0.4 is 15.8 Å². The molecule has 2 atom stereocenters. The van der Waals surface area contributed by atoms with Gasteiger partial charge in [-0.05, 0) is 74.4 Å². The molecule has 8 rings (SSSR count). The molecule has 3 N–H and O–H groups in total. The van der Waals surface area contributed by atoms with Crippen LogP contribution in [0.5, 0.6) is 5.75 Å². The molecule has 1 unspecified atom stereocenters. The maximum atomic E-state index is 14.6. The van der Waals surface area contributed by atoms with Gasteiger partial charge in [0.25, 0.3) is 11.5 Å². The number of aromatic nitrogens is 5. The van der Waals surface area contributed by atoms with Gasteiger partial charge >= 0.3 is 6.18 Å². The Morgan fingerprint density at radius 2 is 1.77 bits per heavy atom. The number of fused-ring (bicyclic) bond motifs is 3. The number of nitrogens with one attached hydrogen (secondary N) is 1. The van der Waals surface area contributed by atoms with E-state index in [0.717, 1.165) is 22.3 Å². The smallest absolute Gasteiger partial charge is 0.416 e. The van der Waals surface area contributed by atoms with Crippen molar-refractivity contribution in [3.05, 3.63) is 98.7 Å². The molecule has 1 spiro atoms. The van der Waals surface area contributed by atoms with Gasteiger partial charge in [0, 0.05) is 63.3 Å². The van der Waals surface area contributed by atoms with Crippen molar-refractivity contribution in [2.75, 3.05) is 62.6 Å². The van der Waals surface area contributed by atoms with E-state index < -0.39 is 60.1 Å². The minimum absolute atomic E-state index is 0.0161. The molecule has 15 nitrogen and oxygen atoms in total. The molecule has 5 aromatic rings. The molecule has 3 aliphatic rings. The second-order valence-electron chi connectivity index (χ2n) is 15.1. The van der Waals surface area contributed by atoms with Gasteiger partial charge in [-0.2, -0.15) is 22.7 Å². The number of alkyl halides is 4. The fourth-order valence-corrected chi connectivity index (χ4v) is 8.51. The summed E-state index contributed by atoms with van der Waals surface area (Å²) in [5.74, 6) is -1.23. The number of aliphatic hydroxyl groups excluding tert-OH is 1. The number of piperidine rings is 1. The van der Waals surface area contributed by atoms with Gasteiger partial charge in [-0.1, -0.05) is 11.6 Å². The second-order valence-corrected chi connectivity index (χ2v) is 15.5. The zero-order chi connectivity index (χ0) is 42.5. The Kier molecular flexibility index (Phi) is 11.0. The van der Waals surface area contributed by atoms with Crippen LogP contribution in [0.2, 0.25) is 5.02 Å². The number of hydrogen-bond donors (Lipinski definition) is 3. The van der Waals surface area contributed by atoms with Gasteiger partial charge in [-0.3, -0.25) is 19.3 Å². The molecule has 20 heteroatoms. The van der Waals surface area contributed by atoms with Crippen molar-refractivity contribution in [1.82, 2.24) is 33.9 Å². The normalized spacial score (nSPS) is 18.6. The van der Waals surface area contributed by atoms with E-state index in [0.29, 0.717) is 43.5 Å². The van der Waals surface area contributed by atoms with E-state index in [9.17, 15) is 37.1 Å². The SMILES string of the molecule is C[C@H]1OC2(CCN(C(=O)c3ncccc3O)CC2)c2c1n(CC(=O)Nc1ccc(C(F)(F)F)cc1Cl)c1nc(-c3ccc(N4CCN(CC(F)CO)CC4)cc3)nn1c2=O. The summed E-state index contributed by atoms with van der Waals surface area (Å²) in [6.45, 7) is 3.75. The third-order valence-corrected chi connectivity index (χ3v) is 11.6. The number of ether oxygens (including phenoxy) is 1. The Hall–Kier alpha value is -5.63. The molecule has 2 aromatic carbocycles. The topological polar surface area (TPSA) is 171 Å². The number of carbonyl (C=O) groups is 2. The first-order valence-electron chi connectivity index (χ1n) is 19.3. The standard InChI is InChI=1S/C40H40ClF4N9O6/c1-23-34-32(39(60-23)10-13-52(14-11-39)37(59)33-30(56)3-2-12-46-33)36(58)54-38(53(34)21-31(57)47-29-9-6-25(19-28(29)41)40(43,44)45)48-35(49-54)24-4-7-27(8-5-24)51-17-15-50(16-18-51)20-26(42)22-55/h2-9,12,19,23,26,55-56H,10-11,13-18,20-22H2,1H3,(H,47,57)/t23-,26?/m1/s1. The number of amides is 2. The minimum atomic E-state index is -4.65. The Labute approximate surface area is 344 Å². The van der Waals surface area contributed by atoms with Crippen LogP contribution in [0.4, 0.5) is 28.9 Å². The minimum Gasteiger partial charge on any atom is -0.505 e. The number of aliphatic hydroxyl groups is 1. The third kappa shape index (κ3) is 7.77. The number of hydrogen-bond acceptors (Lipinski definition) is 11. The first-order valence-corrected chi connectivity index (χ1v) is 19.7. The monoisotopic (exact) mass is 853 g/mol. The van der Waals surface area contributed by atoms with Gasteiger partial charge in [-0.25, -0.2) is 9.37 Å². The van der Waals surface area contributed by atoms with Gasteiger partial charge in [-0.15, -0.1) is 5.10 Å². The first kappa shape index (κ1) is 41.1. The molecule has 2 fully saturated rings. The Bertz CT molecular complexity index is 2500. The summed E-state index contributed by atoms with van der Waals surface area (Å²) in [6, 6.07) is 12.8. The van der Waals surface area contributed by atoms with E-state index in [1.54, 1.807) is 19.1 Å². The molecule has 6 heterocycles. The van der Waals surface area contributed by atoms with Gasteiger partial charge in [0.05, 0.1) is 40.2 Å². The molecule has 0 bridgehead atoms. The molecule has 2 amide bonds. The highest BCUT2D eigenvalue weighted by molar-refractivity contribution is 6.33. The molecule has 0 aliphatic carbocycles. The fraction of sp³-hybridized carbons (Fsp3) is 0.400. The predicted octanol–water partition coefficient (Wildman–Crippen LogP) is 4.64. The second kappa shape index (κ2) is 16.1. The summed E-state index contributed by atoms with van der Waals surface area (Å²) in [5.41, 5.74) is -0.792. The number of likely N-dealkylation sites (tertiary alicyclic amines) is 1. The Morgan fingerprint density at radius 1 is 1.05 bits per heavy atom. The van der Waals surface area contributed by atoms with Crippen molar-refractivity contribution in [2.24, 2.45) is 0 Å². The van der Waals surface area contributed by atoms with Crippen LogP contribution >= 0.6 is 11.6 Å². The summed E-state index contributed by atoms with van der Waals surface area (Å²) >= 11 is 6.17. The number of halogens is 5. The lowest BCUT2D eigenvalue weighted by Gasteiger charge is -2.39. The van der Waals surface area contributed by atoms with Crippen LogP contribution in [0.3, 0.4) is 0 Å². The van der Waals surface area contributed by atoms with Gasteiger partial charge < -0.3 is 34.6 Å². The number of anilines is 2. The number of aromatic hydroxyl groups is 1. The van der Waals surface area contributed by atoms with E-state index >= 15 is 0 Å². The van der Waals surface area contributed by atoms with Crippen LogP contribution in [0.15, 0.2) is 65.6 Å². The quantitative estimate of drug-likeness (QED) is 0.177. The highest BCUT2D eigenvalue weighted by Gasteiger charge is 2.50. The lowest BCUT2D eigenvalue weighted by atomic mass is 9.85. The Balaban J connectivity index is 1.12. The number of pyridine rings is 1. The van der Waals surface area contributed by atoms with E-state index in [1.165, 1.54) is 27.8 Å². The number of benzene rings is 2. The summed E-state index contributed by atoms with van der Waals surface area (Å²) in [4.78, 5) is 56.1. The van der Waals surface area contributed by atoms with E-state index in [2.05, 4.69) is 20.3 Å². The van der Waals surface area contributed by atoms with Gasteiger partial charge in [0.1, 0.15) is 24.1 Å². The van der Waals surface area contributed by atoms with Crippen molar-refractivity contribution >= 4 is 40.6 Å². The molecule has 316 valence electrons. The molecule has 0 saturated carbocycles. The van der Waals surface area contributed by atoms with Gasteiger partial charge in [0.2, 0.25) is 11.7 Å². The highest BCUT2D eigenvalue weighted by Crippen LogP contribution is 2.48. The molecule has 60 heavy (non-hydrogen) atoms. The zero-order valence-electron chi connectivity index (χ0n) is 32.2. The molecule has 3 aliphatic heterocycles. The average Bonchev–Trinajstić information content (AvgIpc) is 3.80. The molecular formula is C40H40ClF4N9O6. The number of piperazine rings is 1. The van der Waals surface area contributed by atoms with Crippen LogP contribution in [0.25, 0.3) is 17.2 Å². The molecule has 0 radical (unpaired) electrons. The highest BCUT2D eigenvalue weighted by atomic mass is 35.5. The molecular weight excluding hydrogens is 814 g/mol. The maximum absolute atomic E-state index is 14.6. The largest absolute Gasteiger partial charge is 0.505 e. The fourth-order valence-electron chi connectivity index (χ4n) is 8.28. The zero-order valence-corrected chi connectivity index (χ0v) is 33.0. The first-order chi connectivity index (χ1) is 28.7.